The summed E-state index contributed by atoms with van der Waals surface area (Å²) in [5.74, 6) is 0.243. The molecule has 6 heteroatoms. The highest BCUT2D eigenvalue weighted by atomic mass is 16.3. The lowest BCUT2D eigenvalue weighted by molar-refractivity contribution is 0.480. The van der Waals surface area contributed by atoms with Crippen LogP contribution in [-0.2, 0) is 6.54 Å². The third kappa shape index (κ3) is 8.97. The maximum absolute atomic E-state index is 9.90. The number of aromatic nitrogens is 1. The van der Waals surface area contributed by atoms with Crippen LogP contribution in [0.3, 0.4) is 0 Å². The number of para-hydroxylation sites is 1. The van der Waals surface area contributed by atoms with E-state index < -0.39 is 0 Å². The Bertz CT molecular complexity index is 664. The van der Waals surface area contributed by atoms with Gasteiger partial charge in [0.05, 0.1) is 5.69 Å². The highest BCUT2D eigenvalue weighted by Crippen LogP contribution is 2.22. The normalized spacial score (nSPS) is 11.3. The van der Waals surface area contributed by atoms with Crippen LogP contribution in [0.4, 0.5) is 0 Å². The first-order chi connectivity index (χ1) is 13.8. The van der Waals surface area contributed by atoms with Crippen LogP contribution in [-0.4, -0.2) is 49.4 Å². The van der Waals surface area contributed by atoms with E-state index in [1.807, 2.05) is 24.3 Å². The number of phenols is 1. The number of unbranched alkanes of at least 4 members (excludes halogenated alkanes) is 3. The van der Waals surface area contributed by atoms with Gasteiger partial charge in [0.2, 0.25) is 0 Å². The molecule has 1 aromatic carbocycles. The Kier molecular flexibility index (Phi) is 11.5. The molecule has 1 heterocycles. The van der Waals surface area contributed by atoms with E-state index in [9.17, 15) is 5.11 Å². The Hall–Kier alpha value is -1.73. The van der Waals surface area contributed by atoms with E-state index in [2.05, 4.69) is 20.9 Å². The first-order valence-electron chi connectivity index (χ1n) is 10.7. The van der Waals surface area contributed by atoms with Crippen molar-refractivity contribution in [3.05, 3.63) is 36.0 Å². The molecular weight excluding hydrogens is 350 g/mol. The predicted molar refractivity (Wildman–Crippen MR) is 118 cm³/mol. The smallest absolute Gasteiger partial charge is 0.141 e. The topological polar surface area (TPSA) is 95.2 Å². The van der Waals surface area contributed by atoms with Gasteiger partial charge < -0.3 is 26.8 Å². The highest BCUT2D eigenvalue weighted by molar-refractivity contribution is 5.84. The van der Waals surface area contributed by atoms with Crippen molar-refractivity contribution in [2.75, 3.05) is 39.3 Å². The molecule has 6 N–H and O–H groups in total. The van der Waals surface area contributed by atoms with E-state index in [0.29, 0.717) is 5.52 Å². The molecule has 28 heavy (non-hydrogen) atoms. The number of nitrogens with one attached hydrogen (secondary N) is 3. The Labute approximate surface area is 169 Å². The summed E-state index contributed by atoms with van der Waals surface area (Å²) >= 11 is 0. The van der Waals surface area contributed by atoms with Gasteiger partial charge >= 0.3 is 0 Å². The van der Waals surface area contributed by atoms with Gasteiger partial charge in [0.1, 0.15) is 11.3 Å². The molecular formula is C22H37N5O. The number of nitrogens with zero attached hydrogens (tertiary/aromatic N) is 1. The minimum absolute atomic E-state index is 0.243. The van der Waals surface area contributed by atoms with Crippen LogP contribution in [0, 0.1) is 0 Å². The number of rotatable bonds is 16. The molecule has 0 atom stereocenters. The third-order valence-corrected chi connectivity index (χ3v) is 4.78. The molecule has 0 bridgehead atoms. The van der Waals surface area contributed by atoms with E-state index in [-0.39, 0.29) is 5.75 Å². The molecule has 0 spiro atoms. The average molecular weight is 388 g/mol. The largest absolute Gasteiger partial charge is 0.506 e. The molecule has 0 saturated heterocycles. The number of fused-ring (bicyclic) bond motifs is 1. The fraction of sp³-hybridized carbons (Fsp3) is 0.591. The highest BCUT2D eigenvalue weighted by Gasteiger charge is 2.02. The Morgan fingerprint density at radius 2 is 1.36 bits per heavy atom. The molecule has 2 rings (SSSR count). The zero-order valence-electron chi connectivity index (χ0n) is 17.1. The van der Waals surface area contributed by atoms with Crippen molar-refractivity contribution in [3.63, 3.8) is 0 Å². The molecule has 0 aliphatic heterocycles. The molecule has 156 valence electrons. The Morgan fingerprint density at radius 3 is 2.00 bits per heavy atom. The maximum atomic E-state index is 9.90. The summed E-state index contributed by atoms with van der Waals surface area (Å²) in [6.45, 7) is 6.89. The number of nitrogens with two attached hydrogens (primary N) is 1. The molecule has 0 unspecified atom stereocenters. The summed E-state index contributed by atoms with van der Waals surface area (Å²) < 4.78 is 0. The molecule has 0 aliphatic rings. The van der Waals surface area contributed by atoms with Gasteiger partial charge in [0, 0.05) is 11.9 Å². The molecule has 0 aliphatic carbocycles. The van der Waals surface area contributed by atoms with Crippen LogP contribution in [0.25, 0.3) is 10.9 Å². The zero-order valence-corrected chi connectivity index (χ0v) is 17.1. The van der Waals surface area contributed by atoms with Gasteiger partial charge in [-0.25, -0.2) is 4.98 Å². The van der Waals surface area contributed by atoms with E-state index in [1.165, 1.54) is 25.7 Å². The second-order valence-corrected chi connectivity index (χ2v) is 7.24. The summed E-state index contributed by atoms with van der Waals surface area (Å²) in [4.78, 5) is 4.54. The Balaban J connectivity index is 1.41. The third-order valence-electron chi connectivity index (χ3n) is 4.78. The van der Waals surface area contributed by atoms with Crippen molar-refractivity contribution in [2.45, 2.75) is 45.1 Å². The number of aromatic hydroxyl groups is 1. The van der Waals surface area contributed by atoms with Gasteiger partial charge in [-0.1, -0.05) is 18.2 Å². The van der Waals surface area contributed by atoms with Crippen LogP contribution in [0.15, 0.2) is 30.3 Å². The monoisotopic (exact) mass is 387 g/mol. The molecule has 0 fully saturated rings. The number of pyridine rings is 1. The fourth-order valence-corrected chi connectivity index (χ4v) is 3.13. The molecule has 0 saturated carbocycles. The zero-order chi connectivity index (χ0) is 19.9. The van der Waals surface area contributed by atoms with Crippen molar-refractivity contribution in [3.8, 4) is 5.75 Å². The van der Waals surface area contributed by atoms with Crippen LogP contribution in [0.2, 0.25) is 0 Å². The van der Waals surface area contributed by atoms with Crippen molar-refractivity contribution in [2.24, 2.45) is 5.73 Å². The van der Waals surface area contributed by atoms with Gasteiger partial charge in [-0.15, -0.1) is 0 Å². The Morgan fingerprint density at radius 1 is 0.750 bits per heavy atom. The first kappa shape index (κ1) is 22.6. The minimum atomic E-state index is 0.243. The van der Waals surface area contributed by atoms with Crippen LogP contribution in [0.5, 0.6) is 5.75 Å². The van der Waals surface area contributed by atoms with Gasteiger partial charge in [0.15, 0.2) is 0 Å². The lowest BCUT2D eigenvalue weighted by Crippen LogP contribution is -2.22. The average Bonchev–Trinajstić information content (AvgIpc) is 2.71. The van der Waals surface area contributed by atoms with Crippen LogP contribution in [0.1, 0.15) is 44.2 Å². The summed E-state index contributed by atoms with van der Waals surface area (Å²) in [6, 6.07) is 9.51. The second-order valence-electron chi connectivity index (χ2n) is 7.24. The van der Waals surface area contributed by atoms with E-state index in [0.717, 1.165) is 69.7 Å². The van der Waals surface area contributed by atoms with Crippen molar-refractivity contribution in [1.82, 2.24) is 20.9 Å². The second kappa shape index (κ2) is 14.3. The first-order valence-corrected chi connectivity index (χ1v) is 10.7. The number of hydrogen-bond acceptors (Lipinski definition) is 6. The van der Waals surface area contributed by atoms with Gasteiger partial charge in [-0.05, 0) is 89.9 Å². The fourth-order valence-electron chi connectivity index (χ4n) is 3.13. The molecule has 0 amide bonds. The molecule has 1 aromatic heterocycles. The van der Waals surface area contributed by atoms with E-state index >= 15 is 0 Å². The number of hydrogen-bond donors (Lipinski definition) is 5. The van der Waals surface area contributed by atoms with Gasteiger partial charge in [-0.2, -0.15) is 0 Å². The minimum Gasteiger partial charge on any atom is -0.506 e. The summed E-state index contributed by atoms with van der Waals surface area (Å²) in [6.07, 6.45) is 7.08. The quantitative estimate of drug-likeness (QED) is 0.284. The molecule has 0 radical (unpaired) electrons. The van der Waals surface area contributed by atoms with Crippen LogP contribution < -0.4 is 21.7 Å². The van der Waals surface area contributed by atoms with E-state index in [4.69, 9.17) is 5.73 Å². The SMILES string of the molecule is NCCCCNCCCCNCCCCNCc1ccc2cccc(O)c2n1. The summed E-state index contributed by atoms with van der Waals surface area (Å²) in [5.41, 5.74) is 7.11. The van der Waals surface area contributed by atoms with Gasteiger partial charge in [0.25, 0.3) is 0 Å². The van der Waals surface area contributed by atoms with E-state index in [1.54, 1.807) is 6.07 Å². The summed E-state index contributed by atoms with van der Waals surface area (Å²) in [5, 5.41) is 21.3. The molecule has 2 aromatic rings. The lowest BCUT2D eigenvalue weighted by Gasteiger charge is -2.08. The summed E-state index contributed by atoms with van der Waals surface area (Å²) in [7, 11) is 0. The van der Waals surface area contributed by atoms with Crippen LogP contribution >= 0.6 is 0 Å². The lowest BCUT2D eigenvalue weighted by atomic mass is 10.2. The van der Waals surface area contributed by atoms with Gasteiger partial charge in [-0.3, -0.25) is 0 Å². The number of phenolic OH excluding ortho intramolecular Hbond substituents is 1. The standard InChI is InChI=1S/C22H37N5O/c23-12-1-2-13-24-14-3-4-15-25-16-5-6-17-26-18-20-11-10-19-8-7-9-21(28)22(19)27-20/h7-11,24-26,28H,1-6,12-18,23H2. The predicted octanol–water partition coefficient (Wildman–Crippen LogP) is 2.51. The molecule has 6 nitrogen and oxygen atoms in total. The van der Waals surface area contributed by atoms with Crippen molar-refractivity contribution in [1.29, 1.82) is 0 Å². The van der Waals surface area contributed by atoms with Crippen molar-refractivity contribution < 1.29 is 5.11 Å². The maximum Gasteiger partial charge on any atom is 0.141 e. The number of benzene rings is 1. The van der Waals surface area contributed by atoms with Crippen molar-refractivity contribution >= 4 is 10.9 Å².